The summed E-state index contributed by atoms with van der Waals surface area (Å²) in [4.78, 5) is 3.38. The second-order valence-electron chi connectivity index (χ2n) is 4.82. The van der Waals surface area contributed by atoms with Gasteiger partial charge >= 0.3 is 0 Å². The van der Waals surface area contributed by atoms with Gasteiger partial charge in [0.05, 0.1) is 0 Å². The van der Waals surface area contributed by atoms with E-state index in [0.717, 1.165) is 12.6 Å². The molecule has 1 aromatic heterocycles. The lowest BCUT2D eigenvalue weighted by Crippen LogP contribution is -2.34. The summed E-state index contributed by atoms with van der Waals surface area (Å²) in [6.45, 7) is 3.15. The molecule has 1 heterocycles. The van der Waals surface area contributed by atoms with Gasteiger partial charge in [0.2, 0.25) is 0 Å². The first-order valence-electron chi connectivity index (χ1n) is 6.13. The van der Waals surface area contributed by atoms with Crippen molar-refractivity contribution in [3.05, 3.63) is 35.5 Å². The summed E-state index contributed by atoms with van der Waals surface area (Å²) < 4.78 is 0. The molecule has 2 heteroatoms. The first kappa shape index (κ1) is 9.91. The molecule has 1 aliphatic rings. The maximum Gasteiger partial charge on any atom is 0.0487 e. The zero-order valence-electron chi connectivity index (χ0n) is 9.72. The predicted molar refractivity (Wildman–Crippen MR) is 67.5 cm³/mol. The SMILES string of the molecule is Cc1cccc2c(CNC3CCC3)c[nH]c12. The monoisotopic (exact) mass is 214 g/mol. The van der Waals surface area contributed by atoms with Crippen molar-refractivity contribution in [1.29, 1.82) is 0 Å². The van der Waals surface area contributed by atoms with Crippen LogP contribution in [-0.2, 0) is 6.54 Å². The molecule has 0 saturated heterocycles. The van der Waals surface area contributed by atoms with Crippen molar-refractivity contribution in [2.24, 2.45) is 0 Å². The van der Waals surface area contributed by atoms with Gasteiger partial charge in [-0.25, -0.2) is 0 Å². The zero-order valence-corrected chi connectivity index (χ0v) is 9.72. The first-order valence-corrected chi connectivity index (χ1v) is 6.13. The highest BCUT2D eigenvalue weighted by Gasteiger charge is 2.16. The van der Waals surface area contributed by atoms with E-state index < -0.39 is 0 Å². The van der Waals surface area contributed by atoms with Gasteiger partial charge in [0.15, 0.2) is 0 Å². The second kappa shape index (κ2) is 3.95. The standard InChI is InChI=1S/C14H18N2/c1-10-4-2-7-13-11(9-16-14(10)13)8-15-12-5-3-6-12/h2,4,7,9,12,15-16H,3,5-6,8H2,1H3. The molecule has 1 aromatic carbocycles. The third-order valence-electron chi connectivity index (χ3n) is 3.70. The van der Waals surface area contributed by atoms with Gasteiger partial charge in [0.1, 0.15) is 0 Å². The summed E-state index contributed by atoms with van der Waals surface area (Å²) in [6, 6.07) is 7.26. The normalized spacial score (nSPS) is 16.6. The molecular weight excluding hydrogens is 196 g/mol. The first-order chi connectivity index (χ1) is 7.84. The fourth-order valence-corrected chi connectivity index (χ4v) is 2.38. The fraction of sp³-hybridized carbons (Fsp3) is 0.429. The van der Waals surface area contributed by atoms with Crippen molar-refractivity contribution >= 4 is 10.9 Å². The van der Waals surface area contributed by atoms with Crippen LogP contribution in [0.2, 0.25) is 0 Å². The van der Waals surface area contributed by atoms with Gasteiger partial charge in [0.25, 0.3) is 0 Å². The van der Waals surface area contributed by atoms with Crippen LogP contribution in [0.3, 0.4) is 0 Å². The molecule has 16 heavy (non-hydrogen) atoms. The van der Waals surface area contributed by atoms with Crippen LogP contribution in [-0.4, -0.2) is 11.0 Å². The fourth-order valence-electron chi connectivity index (χ4n) is 2.38. The van der Waals surface area contributed by atoms with Crippen molar-refractivity contribution < 1.29 is 0 Å². The lowest BCUT2D eigenvalue weighted by atomic mass is 9.93. The minimum atomic E-state index is 0.759. The molecule has 84 valence electrons. The number of nitrogens with one attached hydrogen (secondary N) is 2. The molecule has 0 unspecified atom stereocenters. The number of rotatable bonds is 3. The summed E-state index contributed by atoms with van der Waals surface area (Å²) in [5.41, 5.74) is 4.01. The number of H-pyrrole nitrogens is 1. The molecule has 0 atom stereocenters. The Morgan fingerprint density at radius 3 is 3.00 bits per heavy atom. The maximum absolute atomic E-state index is 3.61. The van der Waals surface area contributed by atoms with Gasteiger partial charge in [-0.3, -0.25) is 0 Å². The Balaban J connectivity index is 1.83. The zero-order chi connectivity index (χ0) is 11.0. The maximum atomic E-state index is 3.61. The summed E-state index contributed by atoms with van der Waals surface area (Å²) >= 11 is 0. The molecule has 1 aliphatic carbocycles. The van der Waals surface area contributed by atoms with Crippen molar-refractivity contribution in [2.45, 2.75) is 38.8 Å². The van der Waals surface area contributed by atoms with Gasteiger partial charge in [-0.05, 0) is 30.9 Å². The number of hydrogen-bond donors (Lipinski definition) is 2. The molecule has 0 spiro atoms. The van der Waals surface area contributed by atoms with Crippen LogP contribution in [0.15, 0.2) is 24.4 Å². The average molecular weight is 214 g/mol. The Bertz CT molecular complexity index is 494. The Labute approximate surface area is 96.1 Å². The van der Waals surface area contributed by atoms with E-state index in [4.69, 9.17) is 0 Å². The third kappa shape index (κ3) is 1.63. The molecule has 3 rings (SSSR count). The van der Waals surface area contributed by atoms with Gasteiger partial charge in [-0.1, -0.05) is 24.6 Å². The molecule has 2 aromatic rings. The van der Waals surface area contributed by atoms with E-state index in [1.165, 1.54) is 41.3 Å². The van der Waals surface area contributed by atoms with Crippen molar-refractivity contribution in [1.82, 2.24) is 10.3 Å². The number of para-hydroxylation sites is 1. The Morgan fingerprint density at radius 1 is 1.38 bits per heavy atom. The highest BCUT2D eigenvalue weighted by atomic mass is 14.9. The van der Waals surface area contributed by atoms with E-state index in [9.17, 15) is 0 Å². The molecule has 0 radical (unpaired) electrons. The van der Waals surface area contributed by atoms with Crippen molar-refractivity contribution in [3.8, 4) is 0 Å². The summed E-state index contributed by atoms with van der Waals surface area (Å²) in [6.07, 6.45) is 6.23. The molecule has 0 aliphatic heterocycles. The summed E-state index contributed by atoms with van der Waals surface area (Å²) in [5.74, 6) is 0. The van der Waals surface area contributed by atoms with E-state index in [2.05, 4.69) is 41.6 Å². The Hall–Kier alpha value is -1.28. The number of aryl methyl sites for hydroxylation is 1. The molecule has 1 saturated carbocycles. The second-order valence-corrected chi connectivity index (χ2v) is 4.82. The van der Waals surface area contributed by atoms with Gasteiger partial charge < -0.3 is 10.3 Å². The minimum Gasteiger partial charge on any atom is -0.361 e. The lowest BCUT2D eigenvalue weighted by Gasteiger charge is -2.26. The van der Waals surface area contributed by atoms with Crippen LogP contribution >= 0.6 is 0 Å². The van der Waals surface area contributed by atoms with Crippen LogP contribution in [0.1, 0.15) is 30.4 Å². The highest BCUT2D eigenvalue weighted by molar-refractivity contribution is 5.85. The highest BCUT2D eigenvalue weighted by Crippen LogP contribution is 2.23. The minimum absolute atomic E-state index is 0.759. The number of aromatic amines is 1. The van der Waals surface area contributed by atoms with Crippen LogP contribution < -0.4 is 5.32 Å². The molecular formula is C14H18N2. The van der Waals surface area contributed by atoms with Gasteiger partial charge in [-0.2, -0.15) is 0 Å². The largest absolute Gasteiger partial charge is 0.361 e. The quantitative estimate of drug-likeness (QED) is 0.807. The van der Waals surface area contributed by atoms with Crippen LogP contribution in [0.4, 0.5) is 0 Å². The van der Waals surface area contributed by atoms with Crippen LogP contribution in [0, 0.1) is 6.92 Å². The van der Waals surface area contributed by atoms with E-state index in [1.807, 2.05) is 0 Å². The number of aromatic nitrogens is 1. The summed E-state index contributed by atoms with van der Waals surface area (Å²) in [7, 11) is 0. The lowest BCUT2D eigenvalue weighted by molar-refractivity contribution is 0.338. The molecule has 2 N–H and O–H groups in total. The smallest absolute Gasteiger partial charge is 0.0487 e. The number of fused-ring (bicyclic) bond motifs is 1. The van der Waals surface area contributed by atoms with E-state index in [0.29, 0.717) is 0 Å². The van der Waals surface area contributed by atoms with E-state index in [1.54, 1.807) is 0 Å². The Morgan fingerprint density at radius 2 is 2.25 bits per heavy atom. The van der Waals surface area contributed by atoms with Crippen molar-refractivity contribution in [2.75, 3.05) is 0 Å². The van der Waals surface area contributed by atoms with Crippen LogP contribution in [0.25, 0.3) is 10.9 Å². The van der Waals surface area contributed by atoms with E-state index >= 15 is 0 Å². The Kier molecular flexibility index (Phi) is 2.44. The topological polar surface area (TPSA) is 27.8 Å². The van der Waals surface area contributed by atoms with Gasteiger partial charge in [0, 0.05) is 29.7 Å². The van der Waals surface area contributed by atoms with Crippen molar-refractivity contribution in [3.63, 3.8) is 0 Å². The number of hydrogen-bond acceptors (Lipinski definition) is 1. The molecule has 0 amide bonds. The van der Waals surface area contributed by atoms with E-state index in [-0.39, 0.29) is 0 Å². The molecule has 2 nitrogen and oxygen atoms in total. The van der Waals surface area contributed by atoms with Gasteiger partial charge in [-0.15, -0.1) is 0 Å². The molecule has 0 bridgehead atoms. The molecule has 1 fully saturated rings. The summed E-state index contributed by atoms with van der Waals surface area (Å²) in [5, 5.41) is 4.98. The third-order valence-corrected chi connectivity index (χ3v) is 3.70. The average Bonchev–Trinajstić information content (AvgIpc) is 2.61. The predicted octanol–water partition coefficient (Wildman–Crippen LogP) is 3.12. The van der Waals surface area contributed by atoms with Crippen LogP contribution in [0.5, 0.6) is 0 Å². The number of benzene rings is 1.